The van der Waals surface area contributed by atoms with Gasteiger partial charge in [0.25, 0.3) is 0 Å². The lowest BCUT2D eigenvalue weighted by atomic mass is 10.2. The number of nitrogens with two attached hydrogens (primary N) is 1. The third-order valence-corrected chi connectivity index (χ3v) is 1.45. The first-order valence-corrected chi connectivity index (χ1v) is 3.83. The summed E-state index contributed by atoms with van der Waals surface area (Å²) >= 11 is 0. The van der Waals surface area contributed by atoms with Gasteiger partial charge in [0.2, 0.25) is 0 Å². The molecule has 0 atom stereocenters. The van der Waals surface area contributed by atoms with Gasteiger partial charge in [0.15, 0.2) is 0 Å². The highest BCUT2D eigenvalue weighted by atomic mass is 14.7. The van der Waals surface area contributed by atoms with Crippen LogP contribution in [0.5, 0.6) is 0 Å². The number of hydrogen-bond donors (Lipinski definition) is 2. The molecule has 0 aliphatic rings. The lowest BCUT2D eigenvalue weighted by Crippen LogP contribution is -2.06. The first kappa shape index (κ1) is 8.53. The van der Waals surface area contributed by atoms with Crippen LogP contribution >= 0.6 is 0 Å². The van der Waals surface area contributed by atoms with Crippen LogP contribution in [0.25, 0.3) is 6.08 Å². The molecule has 0 amide bonds. The fourth-order valence-electron chi connectivity index (χ4n) is 0.886. The summed E-state index contributed by atoms with van der Waals surface area (Å²) in [5.41, 5.74) is 6.33. The predicted molar refractivity (Wildman–Crippen MR) is 52.0 cm³/mol. The normalized spacial score (nSPS) is 10.3. The van der Waals surface area contributed by atoms with Crippen molar-refractivity contribution in [3.8, 4) is 0 Å². The van der Waals surface area contributed by atoms with Gasteiger partial charge in [0, 0.05) is 6.42 Å². The molecule has 0 spiro atoms. The molecule has 0 heterocycles. The van der Waals surface area contributed by atoms with E-state index in [1.807, 2.05) is 42.5 Å². The molecule has 0 aliphatic heterocycles. The fraction of sp³-hybridized carbons (Fsp3) is 0.100. The molecule has 2 nitrogen and oxygen atoms in total. The summed E-state index contributed by atoms with van der Waals surface area (Å²) in [6.45, 7) is 0. The van der Waals surface area contributed by atoms with Gasteiger partial charge in [0.05, 0.1) is 5.84 Å². The number of amidine groups is 1. The Morgan fingerprint density at radius 1 is 1.33 bits per heavy atom. The van der Waals surface area contributed by atoms with E-state index < -0.39 is 0 Å². The summed E-state index contributed by atoms with van der Waals surface area (Å²) < 4.78 is 0. The lowest BCUT2D eigenvalue weighted by molar-refractivity contribution is 1.32. The summed E-state index contributed by atoms with van der Waals surface area (Å²) in [6.07, 6.45) is 4.37. The molecule has 1 aromatic rings. The maximum atomic E-state index is 6.99. The zero-order valence-electron chi connectivity index (χ0n) is 6.83. The van der Waals surface area contributed by atoms with Crippen LogP contribution in [0.15, 0.2) is 36.4 Å². The van der Waals surface area contributed by atoms with Crippen LogP contribution in [-0.2, 0) is 0 Å². The molecule has 0 aromatic heterocycles. The summed E-state index contributed by atoms with van der Waals surface area (Å²) in [4.78, 5) is 0. The van der Waals surface area contributed by atoms with E-state index in [1.54, 1.807) is 0 Å². The smallest absolute Gasteiger partial charge is 0.0943 e. The van der Waals surface area contributed by atoms with E-state index in [1.165, 1.54) is 0 Å². The topological polar surface area (TPSA) is 49.9 Å². The zero-order chi connectivity index (χ0) is 8.81. The van der Waals surface area contributed by atoms with Gasteiger partial charge < -0.3 is 5.73 Å². The molecule has 0 radical (unpaired) electrons. The average Bonchev–Trinajstić information content (AvgIpc) is 2.05. The quantitative estimate of drug-likeness (QED) is 0.516. The van der Waals surface area contributed by atoms with Gasteiger partial charge in [-0.3, -0.25) is 5.41 Å². The van der Waals surface area contributed by atoms with Gasteiger partial charge in [-0.15, -0.1) is 0 Å². The molecule has 0 fully saturated rings. The molecular formula is C10H12N2. The van der Waals surface area contributed by atoms with Crippen molar-refractivity contribution in [3.05, 3.63) is 42.0 Å². The van der Waals surface area contributed by atoms with Crippen molar-refractivity contribution in [1.29, 1.82) is 5.41 Å². The van der Waals surface area contributed by atoms with Crippen LogP contribution in [-0.4, -0.2) is 5.84 Å². The van der Waals surface area contributed by atoms with Crippen molar-refractivity contribution in [3.63, 3.8) is 0 Å². The molecule has 0 saturated carbocycles. The van der Waals surface area contributed by atoms with Gasteiger partial charge in [-0.1, -0.05) is 42.5 Å². The molecule has 1 rings (SSSR count). The largest absolute Gasteiger partial charge is 0.387 e. The van der Waals surface area contributed by atoms with E-state index in [4.69, 9.17) is 11.1 Å². The van der Waals surface area contributed by atoms with Gasteiger partial charge in [-0.2, -0.15) is 0 Å². The maximum absolute atomic E-state index is 6.99. The summed E-state index contributed by atoms with van der Waals surface area (Å²) in [7, 11) is 0. The molecule has 12 heavy (non-hydrogen) atoms. The van der Waals surface area contributed by atoms with Crippen molar-refractivity contribution in [2.75, 3.05) is 0 Å². The Bertz CT molecular complexity index is 275. The first-order chi connectivity index (χ1) is 5.79. The lowest BCUT2D eigenvalue weighted by Gasteiger charge is -1.91. The van der Waals surface area contributed by atoms with Crippen LogP contribution < -0.4 is 5.73 Å². The summed E-state index contributed by atoms with van der Waals surface area (Å²) in [6, 6.07) is 9.95. The Morgan fingerprint density at radius 3 is 2.58 bits per heavy atom. The minimum atomic E-state index is 0.196. The molecule has 0 unspecified atom stereocenters. The monoisotopic (exact) mass is 160 g/mol. The zero-order valence-corrected chi connectivity index (χ0v) is 6.83. The first-order valence-electron chi connectivity index (χ1n) is 3.83. The second-order valence-corrected chi connectivity index (χ2v) is 2.54. The van der Waals surface area contributed by atoms with Crippen molar-refractivity contribution in [1.82, 2.24) is 0 Å². The van der Waals surface area contributed by atoms with Gasteiger partial charge >= 0.3 is 0 Å². The third kappa shape index (κ3) is 3.01. The fourth-order valence-corrected chi connectivity index (χ4v) is 0.886. The maximum Gasteiger partial charge on any atom is 0.0943 e. The molecule has 2 heteroatoms. The Balaban J connectivity index is 2.52. The Hall–Kier alpha value is -1.57. The number of hydrogen-bond acceptors (Lipinski definition) is 1. The van der Waals surface area contributed by atoms with E-state index in [-0.39, 0.29) is 5.84 Å². The third-order valence-electron chi connectivity index (χ3n) is 1.45. The highest BCUT2D eigenvalue weighted by molar-refractivity contribution is 5.79. The molecule has 0 saturated heterocycles. The second kappa shape index (κ2) is 4.34. The van der Waals surface area contributed by atoms with E-state index in [0.717, 1.165) is 5.56 Å². The van der Waals surface area contributed by atoms with Crippen LogP contribution in [0.4, 0.5) is 0 Å². The minimum Gasteiger partial charge on any atom is -0.387 e. The summed E-state index contributed by atoms with van der Waals surface area (Å²) in [5, 5.41) is 6.99. The standard InChI is InChI=1S/C10H12N2/c11-10(12)8-4-7-9-5-2-1-3-6-9/h1-7H,8H2,(H3,11,12)/b7-4-. The molecular weight excluding hydrogens is 148 g/mol. The van der Waals surface area contributed by atoms with E-state index >= 15 is 0 Å². The highest BCUT2D eigenvalue weighted by Crippen LogP contribution is 2.01. The Labute approximate surface area is 72.2 Å². The van der Waals surface area contributed by atoms with Crippen molar-refractivity contribution >= 4 is 11.9 Å². The van der Waals surface area contributed by atoms with Gasteiger partial charge in [0.1, 0.15) is 0 Å². The van der Waals surface area contributed by atoms with E-state index in [9.17, 15) is 0 Å². The Morgan fingerprint density at radius 2 is 2.00 bits per heavy atom. The van der Waals surface area contributed by atoms with Crippen molar-refractivity contribution in [2.24, 2.45) is 5.73 Å². The number of benzene rings is 1. The molecule has 0 bridgehead atoms. The SMILES string of the molecule is N=C(N)C/C=C\c1ccccc1. The Kier molecular flexibility index (Phi) is 3.08. The average molecular weight is 160 g/mol. The van der Waals surface area contributed by atoms with Gasteiger partial charge in [-0.05, 0) is 5.56 Å². The van der Waals surface area contributed by atoms with Crippen LogP contribution in [0.3, 0.4) is 0 Å². The highest BCUT2D eigenvalue weighted by Gasteiger charge is 1.83. The summed E-state index contributed by atoms with van der Waals surface area (Å²) in [5.74, 6) is 0.196. The van der Waals surface area contributed by atoms with Crippen molar-refractivity contribution in [2.45, 2.75) is 6.42 Å². The van der Waals surface area contributed by atoms with Crippen molar-refractivity contribution < 1.29 is 0 Å². The second-order valence-electron chi connectivity index (χ2n) is 2.54. The molecule has 62 valence electrons. The number of rotatable bonds is 3. The minimum absolute atomic E-state index is 0.196. The van der Waals surface area contributed by atoms with Crippen LogP contribution in [0, 0.1) is 5.41 Å². The van der Waals surface area contributed by atoms with E-state index in [2.05, 4.69) is 0 Å². The van der Waals surface area contributed by atoms with Gasteiger partial charge in [-0.25, -0.2) is 0 Å². The number of nitrogens with one attached hydrogen (secondary N) is 1. The van der Waals surface area contributed by atoms with Crippen LogP contribution in [0.2, 0.25) is 0 Å². The molecule has 1 aromatic carbocycles. The predicted octanol–water partition coefficient (Wildman–Crippen LogP) is 2.03. The van der Waals surface area contributed by atoms with Crippen LogP contribution in [0.1, 0.15) is 12.0 Å². The molecule has 0 aliphatic carbocycles. The van der Waals surface area contributed by atoms with E-state index in [0.29, 0.717) is 6.42 Å². The molecule has 3 N–H and O–H groups in total.